The summed E-state index contributed by atoms with van der Waals surface area (Å²) in [6.45, 7) is 2.19. The quantitative estimate of drug-likeness (QED) is 0.497. The maximum atomic E-state index is 12.3. The van der Waals surface area contributed by atoms with E-state index in [1.54, 1.807) is 13.0 Å². The molecular formula is C18H12ClNO2. The van der Waals surface area contributed by atoms with Gasteiger partial charge in [-0.1, -0.05) is 17.7 Å². The standard InChI is InChI=1S/C18H12ClNO2/c1-2-20-17(21)15-8-12-5-10-3-4-14(19)7-11(10)6-13(12)9-16(15)18(20)22/h3-9H,2H2,1H3. The van der Waals surface area contributed by atoms with Crippen LogP contribution in [0.15, 0.2) is 42.5 Å². The van der Waals surface area contributed by atoms with Gasteiger partial charge in [-0.05, 0) is 64.9 Å². The summed E-state index contributed by atoms with van der Waals surface area (Å²) in [4.78, 5) is 25.8. The fourth-order valence-corrected chi connectivity index (χ4v) is 3.22. The van der Waals surface area contributed by atoms with Crippen molar-refractivity contribution in [2.75, 3.05) is 6.54 Å². The Hall–Kier alpha value is -2.39. The predicted octanol–water partition coefficient (Wildman–Crippen LogP) is 4.26. The number of nitrogens with zero attached hydrogens (tertiary/aromatic N) is 1. The Balaban J connectivity index is 2.03. The number of amides is 2. The second kappa shape index (κ2) is 4.55. The molecule has 3 aromatic carbocycles. The number of carbonyl (C=O) groups excluding carboxylic acids is 2. The van der Waals surface area contributed by atoms with E-state index in [1.165, 1.54) is 4.90 Å². The Morgan fingerprint density at radius 1 is 0.818 bits per heavy atom. The molecule has 0 saturated carbocycles. The van der Waals surface area contributed by atoms with Gasteiger partial charge in [0, 0.05) is 11.6 Å². The van der Waals surface area contributed by atoms with Crippen LogP contribution in [-0.4, -0.2) is 23.3 Å². The lowest BCUT2D eigenvalue weighted by atomic mass is 9.99. The van der Waals surface area contributed by atoms with E-state index in [4.69, 9.17) is 11.6 Å². The minimum absolute atomic E-state index is 0.208. The minimum atomic E-state index is -0.212. The highest BCUT2D eigenvalue weighted by atomic mass is 35.5. The van der Waals surface area contributed by atoms with Gasteiger partial charge in [0.2, 0.25) is 0 Å². The number of fused-ring (bicyclic) bond motifs is 3. The van der Waals surface area contributed by atoms with Crippen LogP contribution < -0.4 is 0 Å². The van der Waals surface area contributed by atoms with Crippen LogP contribution in [0.4, 0.5) is 0 Å². The van der Waals surface area contributed by atoms with E-state index in [0.29, 0.717) is 22.7 Å². The van der Waals surface area contributed by atoms with Crippen LogP contribution in [0.3, 0.4) is 0 Å². The maximum absolute atomic E-state index is 12.3. The first kappa shape index (κ1) is 13.3. The van der Waals surface area contributed by atoms with Gasteiger partial charge in [-0.2, -0.15) is 0 Å². The van der Waals surface area contributed by atoms with Gasteiger partial charge in [0.25, 0.3) is 11.8 Å². The first-order valence-corrected chi connectivity index (χ1v) is 7.49. The Labute approximate surface area is 132 Å². The number of benzene rings is 3. The first-order valence-electron chi connectivity index (χ1n) is 7.12. The maximum Gasteiger partial charge on any atom is 0.261 e. The molecule has 0 N–H and O–H groups in total. The van der Waals surface area contributed by atoms with Gasteiger partial charge in [-0.25, -0.2) is 0 Å². The second-order valence-electron chi connectivity index (χ2n) is 5.44. The van der Waals surface area contributed by atoms with Crippen molar-refractivity contribution < 1.29 is 9.59 Å². The molecule has 4 rings (SSSR count). The lowest BCUT2D eigenvalue weighted by molar-refractivity contribution is 0.0663. The third kappa shape index (κ3) is 1.76. The smallest absolute Gasteiger partial charge is 0.261 e. The molecule has 0 saturated heterocycles. The van der Waals surface area contributed by atoms with Crippen molar-refractivity contribution in [2.45, 2.75) is 6.92 Å². The average molecular weight is 310 g/mol. The first-order chi connectivity index (χ1) is 10.6. The molecule has 0 unspecified atom stereocenters. The Kier molecular flexibility index (Phi) is 2.75. The van der Waals surface area contributed by atoms with Crippen molar-refractivity contribution in [2.24, 2.45) is 0 Å². The molecule has 0 bridgehead atoms. The number of halogens is 1. The van der Waals surface area contributed by atoms with Crippen molar-refractivity contribution >= 4 is 45.0 Å². The Morgan fingerprint density at radius 3 is 1.95 bits per heavy atom. The Bertz CT molecular complexity index is 978. The zero-order valence-corrected chi connectivity index (χ0v) is 12.6. The van der Waals surface area contributed by atoms with E-state index in [2.05, 4.69) is 0 Å². The van der Waals surface area contributed by atoms with Crippen LogP contribution in [0.5, 0.6) is 0 Å². The average Bonchev–Trinajstić information content (AvgIpc) is 2.74. The molecule has 22 heavy (non-hydrogen) atoms. The van der Waals surface area contributed by atoms with Crippen molar-refractivity contribution in [1.82, 2.24) is 4.90 Å². The highest BCUT2D eigenvalue weighted by Gasteiger charge is 2.34. The molecule has 1 heterocycles. The molecule has 0 aromatic heterocycles. The lowest BCUT2D eigenvalue weighted by Crippen LogP contribution is -2.29. The minimum Gasteiger partial charge on any atom is -0.275 e. The SMILES string of the molecule is CCN1C(=O)c2cc3cc4ccc(Cl)cc4cc3cc2C1=O. The topological polar surface area (TPSA) is 37.4 Å². The van der Waals surface area contributed by atoms with Gasteiger partial charge in [-0.15, -0.1) is 0 Å². The monoisotopic (exact) mass is 309 g/mol. The normalized spacial score (nSPS) is 14.2. The van der Waals surface area contributed by atoms with E-state index in [1.807, 2.05) is 36.4 Å². The van der Waals surface area contributed by atoms with Crippen LogP contribution in [0, 0.1) is 0 Å². The van der Waals surface area contributed by atoms with Gasteiger partial charge in [0.05, 0.1) is 11.1 Å². The van der Waals surface area contributed by atoms with Gasteiger partial charge in [0.15, 0.2) is 0 Å². The van der Waals surface area contributed by atoms with E-state index < -0.39 is 0 Å². The summed E-state index contributed by atoms with van der Waals surface area (Å²) in [5.74, 6) is -0.420. The molecule has 2 amide bonds. The number of rotatable bonds is 1. The van der Waals surface area contributed by atoms with Crippen molar-refractivity contribution in [1.29, 1.82) is 0 Å². The van der Waals surface area contributed by atoms with E-state index >= 15 is 0 Å². The molecule has 1 aliphatic heterocycles. The van der Waals surface area contributed by atoms with Crippen molar-refractivity contribution in [3.63, 3.8) is 0 Å². The summed E-state index contributed by atoms with van der Waals surface area (Å²) in [6, 6.07) is 13.3. The third-order valence-corrected chi connectivity index (χ3v) is 4.40. The molecule has 1 aliphatic rings. The number of hydrogen-bond donors (Lipinski definition) is 0. The molecule has 3 aromatic rings. The molecule has 4 heteroatoms. The molecule has 0 fully saturated rings. The molecule has 0 aliphatic carbocycles. The van der Waals surface area contributed by atoms with Gasteiger partial charge in [0.1, 0.15) is 0 Å². The van der Waals surface area contributed by atoms with Crippen molar-refractivity contribution in [3.05, 3.63) is 58.6 Å². The summed E-state index contributed by atoms with van der Waals surface area (Å²) >= 11 is 6.04. The van der Waals surface area contributed by atoms with E-state index in [0.717, 1.165) is 21.5 Å². The van der Waals surface area contributed by atoms with Crippen LogP contribution in [0.2, 0.25) is 5.02 Å². The fraction of sp³-hybridized carbons (Fsp3) is 0.111. The zero-order valence-electron chi connectivity index (χ0n) is 11.9. The predicted molar refractivity (Wildman–Crippen MR) is 87.5 cm³/mol. The molecule has 0 atom stereocenters. The second-order valence-corrected chi connectivity index (χ2v) is 5.88. The van der Waals surface area contributed by atoms with Crippen LogP contribution in [0.1, 0.15) is 27.6 Å². The number of hydrogen-bond acceptors (Lipinski definition) is 2. The Morgan fingerprint density at radius 2 is 1.36 bits per heavy atom. The summed E-state index contributed by atoms with van der Waals surface area (Å²) in [5, 5.41) is 4.64. The molecule has 3 nitrogen and oxygen atoms in total. The fourth-order valence-electron chi connectivity index (χ4n) is 3.04. The van der Waals surface area contributed by atoms with Crippen LogP contribution in [-0.2, 0) is 0 Å². The molecular weight excluding hydrogens is 298 g/mol. The molecule has 108 valence electrons. The molecule has 0 spiro atoms. The van der Waals surface area contributed by atoms with E-state index in [-0.39, 0.29) is 11.8 Å². The largest absolute Gasteiger partial charge is 0.275 e. The molecule has 0 radical (unpaired) electrons. The summed E-state index contributed by atoms with van der Waals surface area (Å²) in [7, 11) is 0. The van der Waals surface area contributed by atoms with E-state index in [9.17, 15) is 9.59 Å². The van der Waals surface area contributed by atoms with Crippen LogP contribution in [0.25, 0.3) is 21.5 Å². The lowest BCUT2D eigenvalue weighted by Gasteiger charge is -2.08. The summed E-state index contributed by atoms with van der Waals surface area (Å²) in [6.07, 6.45) is 0. The zero-order chi connectivity index (χ0) is 15.4. The summed E-state index contributed by atoms with van der Waals surface area (Å²) in [5.41, 5.74) is 0.980. The van der Waals surface area contributed by atoms with Gasteiger partial charge in [-0.3, -0.25) is 14.5 Å². The highest BCUT2D eigenvalue weighted by molar-refractivity contribution is 6.31. The van der Waals surface area contributed by atoms with Crippen molar-refractivity contribution in [3.8, 4) is 0 Å². The van der Waals surface area contributed by atoms with Crippen LogP contribution >= 0.6 is 11.6 Å². The van der Waals surface area contributed by atoms with Gasteiger partial charge >= 0.3 is 0 Å². The third-order valence-electron chi connectivity index (χ3n) is 4.16. The number of carbonyl (C=O) groups is 2. The summed E-state index contributed by atoms with van der Waals surface area (Å²) < 4.78 is 0. The number of imide groups is 1. The highest BCUT2D eigenvalue weighted by Crippen LogP contribution is 2.31. The van der Waals surface area contributed by atoms with Gasteiger partial charge < -0.3 is 0 Å².